The molecule has 1 aliphatic heterocycles. The Kier molecular flexibility index (Phi) is 9.06. The molecule has 1 saturated heterocycles. The van der Waals surface area contributed by atoms with Crippen LogP contribution < -0.4 is 15.8 Å². The molecule has 0 spiro atoms. The van der Waals surface area contributed by atoms with Crippen LogP contribution in [0.3, 0.4) is 0 Å². The summed E-state index contributed by atoms with van der Waals surface area (Å²) in [4.78, 5) is 36.5. The number of amidine groups is 2. The highest BCUT2D eigenvalue weighted by atomic mass is 32.2. The van der Waals surface area contributed by atoms with E-state index in [2.05, 4.69) is 15.3 Å². The van der Waals surface area contributed by atoms with Crippen molar-refractivity contribution in [1.29, 1.82) is 10.8 Å². The molecule has 1 fully saturated rings. The molecular formula is C26H29F3N8O4S. The number of fused-ring (bicyclic) bond motifs is 1. The number of nitrogens with two attached hydrogens (primary N) is 1. The monoisotopic (exact) mass is 606 g/mol. The number of piperazine rings is 1. The lowest BCUT2D eigenvalue weighted by Gasteiger charge is -2.35. The van der Waals surface area contributed by atoms with Gasteiger partial charge in [-0.3, -0.25) is 20.4 Å². The summed E-state index contributed by atoms with van der Waals surface area (Å²) in [6.07, 6.45) is -4.66. The van der Waals surface area contributed by atoms with Gasteiger partial charge in [0.25, 0.3) is 5.91 Å². The molecule has 0 radical (unpaired) electrons. The van der Waals surface area contributed by atoms with Gasteiger partial charge in [0.05, 0.1) is 13.7 Å². The first-order chi connectivity index (χ1) is 19.8. The summed E-state index contributed by atoms with van der Waals surface area (Å²) >= 11 is 0.807. The van der Waals surface area contributed by atoms with E-state index in [0.717, 1.165) is 17.8 Å². The molecule has 4 rings (SSSR count). The van der Waals surface area contributed by atoms with E-state index in [0.29, 0.717) is 18.7 Å². The zero-order chi connectivity index (χ0) is 30.8. The first kappa shape index (κ1) is 30.8. The Bertz CT molecular complexity index is 1530. The first-order valence-electron chi connectivity index (χ1n) is 12.8. The van der Waals surface area contributed by atoms with Gasteiger partial charge in [-0.2, -0.15) is 13.2 Å². The Morgan fingerprint density at radius 2 is 1.79 bits per heavy atom. The second-order valence-corrected chi connectivity index (χ2v) is 10.6. The number of carbonyl (C=O) groups excluding carboxylic acids is 2. The fourth-order valence-corrected chi connectivity index (χ4v) is 4.84. The number of alkyl halides is 3. The van der Waals surface area contributed by atoms with E-state index < -0.39 is 17.8 Å². The number of nitrogens with zero attached hydrogens (tertiary/aromatic N) is 4. The van der Waals surface area contributed by atoms with Crippen LogP contribution in [0.1, 0.15) is 35.8 Å². The van der Waals surface area contributed by atoms with Crippen LogP contribution in [0.25, 0.3) is 22.4 Å². The Balaban J connectivity index is 1.51. The predicted molar refractivity (Wildman–Crippen MR) is 150 cm³/mol. The van der Waals surface area contributed by atoms with Crippen LogP contribution in [0, 0.1) is 16.7 Å². The van der Waals surface area contributed by atoms with E-state index in [4.69, 9.17) is 25.7 Å². The summed E-state index contributed by atoms with van der Waals surface area (Å²) in [6.45, 7) is 4.36. The minimum Gasteiger partial charge on any atom is -0.494 e. The van der Waals surface area contributed by atoms with E-state index in [1.54, 1.807) is 24.8 Å². The van der Waals surface area contributed by atoms with Crippen molar-refractivity contribution >= 4 is 44.8 Å². The molecule has 0 unspecified atom stereocenters. The Labute approximate surface area is 242 Å². The Morgan fingerprint density at radius 3 is 2.38 bits per heavy atom. The summed E-state index contributed by atoms with van der Waals surface area (Å²) in [6, 6.07) is 5.09. The fraction of sp³-hybridized carbons (Fsp3) is 0.385. The van der Waals surface area contributed by atoms with Gasteiger partial charge in [0.15, 0.2) is 21.8 Å². The SMILES string of the molecule is COc1ccc(-c2nc(C(=O)N3CCN(C(=N)SC(=N)NC(=O)C(C)C)CC3)c(CN)o2)c2ccc(C(F)(F)F)nc12. The first-order valence-corrected chi connectivity index (χ1v) is 13.6. The van der Waals surface area contributed by atoms with Gasteiger partial charge < -0.3 is 30.0 Å². The number of hydrogen-bond acceptors (Lipinski definition) is 10. The second-order valence-electron chi connectivity index (χ2n) is 9.56. The molecule has 1 aromatic carbocycles. The van der Waals surface area contributed by atoms with Crippen LogP contribution >= 0.6 is 11.8 Å². The maximum Gasteiger partial charge on any atom is 0.433 e. The third-order valence-corrected chi connectivity index (χ3v) is 7.22. The average molecular weight is 607 g/mol. The molecule has 0 saturated carbocycles. The third kappa shape index (κ3) is 6.49. The van der Waals surface area contributed by atoms with Gasteiger partial charge in [-0.1, -0.05) is 13.8 Å². The maximum atomic E-state index is 13.4. The molecule has 5 N–H and O–H groups in total. The summed E-state index contributed by atoms with van der Waals surface area (Å²) in [5.41, 5.74) is 5.01. The van der Waals surface area contributed by atoms with E-state index in [-0.39, 0.29) is 75.8 Å². The number of amides is 2. The van der Waals surface area contributed by atoms with Crippen molar-refractivity contribution in [3.8, 4) is 17.2 Å². The molecule has 3 aromatic rings. The zero-order valence-electron chi connectivity index (χ0n) is 23.0. The van der Waals surface area contributed by atoms with E-state index in [1.165, 1.54) is 24.1 Å². The van der Waals surface area contributed by atoms with Crippen molar-refractivity contribution in [2.45, 2.75) is 26.6 Å². The lowest BCUT2D eigenvalue weighted by molar-refractivity contribution is -0.141. The molecule has 2 aromatic heterocycles. The summed E-state index contributed by atoms with van der Waals surface area (Å²) in [7, 11) is 1.32. The number of ether oxygens (including phenoxy) is 1. The van der Waals surface area contributed by atoms with Crippen molar-refractivity contribution in [1.82, 2.24) is 25.1 Å². The van der Waals surface area contributed by atoms with Crippen LogP contribution in [0.2, 0.25) is 0 Å². The molecule has 1 aliphatic rings. The van der Waals surface area contributed by atoms with Crippen molar-refractivity contribution in [2.75, 3.05) is 33.3 Å². The fourth-order valence-electron chi connectivity index (χ4n) is 4.18. The lowest BCUT2D eigenvalue weighted by Crippen LogP contribution is -2.50. The molecule has 12 nitrogen and oxygen atoms in total. The molecule has 0 aliphatic carbocycles. The molecular weight excluding hydrogens is 577 g/mol. The maximum absolute atomic E-state index is 13.4. The summed E-state index contributed by atoms with van der Waals surface area (Å²) in [5, 5.41) is 18.8. The largest absolute Gasteiger partial charge is 0.494 e. The van der Waals surface area contributed by atoms with Crippen molar-refractivity contribution in [3.63, 3.8) is 0 Å². The topological polar surface area (TPSA) is 175 Å². The normalized spacial score (nSPS) is 13.9. The van der Waals surface area contributed by atoms with Crippen LogP contribution in [-0.4, -0.2) is 75.2 Å². The standard InChI is InChI=1S/C26H29F3N8O4S/c1-13(2)21(38)35-24(31)42-25(32)37-10-8-36(9-11-37)23(39)20-17(12-30)41-22(34-20)15-4-6-16(40-3)19-14(15)5-7-18(33-19)26(27,28)29/h4-7,13,32H,8-12,30H2,1-3H3,(H2,31,35,38). The number of carbonyl (C=O) groups is 2. The number of hydrogen-bond donors (Lipinski definition) is 4. The second kappa shape index (κ2) is 12.4. The van der Waals surface area contributed by atoms with E-state index >= 15 is 0 Å². The van der Waals surface area contributed by atoms with Gasteiger partial charge in [0.1, 0.15) is 17.0 Å². The van der Waals surface area contributed by atoms with Crippen molar-refractivity contribution in [2.24, 2.45) is 11.7 Å². The number of oxazole rings is 1. The molecule has 0 atom stereocenters. The lowest BCUT2D eigenvalue weighted by atomic mass is 10.1. The highest BCUT2D eigenvalue weighted by Crippen LogP contribution is 2.37. The van der Waals surface area contributed by atoms with Gasteiger partial charge in [0.2, 0.25) is 11.8 Å². The average Bonchev–Trinajstić information content (AvgIpc) is 3.39. The molecule has 3 heterocycles. The van der Waals surface area contributed by atoms with Crippen molar-refractivity contribution in [3.05, 3.63) is 41.4 Å². The van der Waals surface area contributed by atoms with Crippen LogP contribution in [0.15, 0.2) is 28.7 Å². The number of halogens is 3. The van der Waals surface area contributed by atoms with Crippen LogP contribution in [0.4, 0.5) is 13.2 Å². The number of nitrogens with one attached hydrogen (secondary N) is 3. The van der Waals surface area contributed by atoms with Gasteiger partial charge in [-0.05, 0) is 36.0 Å². The molecule has 42 heavy (non-hydrogen) atoms. The van der Waals surface area contributed by atoms with Gasteiger partial charge >= 0.3 is 6.18 Å². The summed E-state index contributed by atoms with van der Waals surface area (Å²) < 4.78 is 50.9. The van der Waals surface area contributed by atoms with Gasteiger partial charge in [-0.15, -0.1) is 0 Å². The van der Waals surface area contributed by atoms with E-state index in [9.17, 15) is 22.8 Å². The summed E-state index contributed by atoms with van der Waals surface area (Å²) in [5.74, 6) is -0.834. The third-order valence-electron chi connectivity index (χ3n) is 6.46. The Morgan fingerprint density at radius 1 is 1.12 bits per heavy atom. The minimum atomic E-state index is -4.66. The minimum absolute atomic E-state index is 0.00761. The highest BCUT2D eigenvalue weighted by molar-refractivity contribution is 8.26. The zero-order valence-corrected chi connectivity index (χ0v) is 23.8. The van der Waals surface area contributed by atoms with Crippen LogP contribution in [0.5, 0.6) is 5.75 Å². The molecule has 16 heteroatoms. The highest BCUT2D eigenvalue weighted by Gasteiger charge is 2.34. The number of rotatable bonds is 5. The molecule has 224 valence electrons. The number of aromatic nitrogens is 2. The van der Waals surface area contributed by atoms with Gasteiger partial charge in [0, 0.05) is 43.0 Å². The van der Waals surface area contributed by atoms with E-state index in [1.807, 2.05) is 0 Å². The smallest absolute Gasteiger partial charge is 0.433 e. The number of thioether (sulfide) groups is 1. The quantitative estimate of drug-likeness (QED) is 0.250. The number of pyridine rings is 1. The number of methoxy groups -OCH3 is 1. The predicted octanol–water partition coefficient (Wildman–Crippen LogP) is 3.51. The number of benzene rings is 1. The van der Waals surface area contributed by atoms with Crippen LogP contribution in [-0.2, 0) is 17.5 Å². The molecule has 2 amide bonds. The van der Waals surface area contributed by atoms with Crippen molar-refractivity contribution < 1.29 is 31.9 Å². The Hall–Kier alpha value is -4.18. The van der Waals surface area contributed by atoms with Gasteiger partial charge in [-0.25, -0.2) is 9.97 Å². The molecule has 0 bridgehead atoms.